The molecule has 0 aromatic heterocycles. The van der Waals surface area contributed by atoms with Gasteiger partial charge in [0.15, 0.2) is 0 Å². The minimum atomic E-state index is 0.712. The molecule has 0 aliphatic carbocycles. The maximum absolute atomic E-state index is 5.70. The fourth-order valence-corrected chi connectivity index (χ4v) is 2.85. The van der Waals surface area contributed by atoms with Crippen molar-refractivity contribution in [3.05, 3.63) is 24.3 Å². The average molecular weight is 203 g/mol. The van der Waals surface area contributed by atoms with Crippen LogP contribution in [0.25, 0.3) is 0 Å². The van der Waals surface area contributed by atoms with Gasteiger partial charge in [-0.1, -0.05) is 0 Å². The summed E-state index contributed by atoms with van der Waals surface area (Å²) in [5.74, 6) is 0. The molecule has 3 heteroatoms. The Kier molecular flexibility index (Phi) is 1.89. The molecule has 0 amide bonds. The van der Waals surface area contributed by atoms with Crippen LogP contribution in [0.5, 0.6) is 0 Å². The van der Waals surface area contributed by atoms with Gasteiger partial charge >= 0.3 is 0 Å². The van der Waals surface area contributed by atoms with E-state index in [1.807, 2.05) is 12.1 Å². The summed E-state index contributed by atoms with van der Waals surface area (Å²) in [7, 11) is 2.23. The van der Waals surface area contributed by atoms with Gasteiger partial charge in [-0.05, 0) is 37.7 Å². The molecule has 0 radical (unpaired) electrons. The van der Waals surface area contributed by atoms with Gasteiger partial charge in [0.1, 0.15) is 0 Å². The van der Waals surface area contributed by atoms with Gasteiger partial charge < -0.3 is 10.6 Å². The zero-order valence-electron chi connectivity index (χ0n) is 9.06. The van der Waals surface area contributed by atoms with E-state index < -0.39 is 0 Å². The Morgan fingerprint density at radius 1 is 1.13 bits per heavy atom. The van der Waals surface area contributed by atoms with Crippen LogP contribution in [0, 0.1) is 0 Å². The van der Waals surface area contributed by atoms with E-state index >= 15 is 0 Å². The Morgan fingerprint density at radius 2 is 1.87 bits per heavy atom. The molecule has 2 N–H and O–H groups in total. The minimum absolute atomic E-state index is 0.712. The molecule has 2 heterocycles. The number of nitrogen functional groups attached to an aromatic ring is 1. The van der Waals surface area contributed by atoms with Crippen LogP contribution in [-0.4, -0.2) is 37.1 Å². The number of nitrogens with two attached hydrogens (primary N) is 1. The summed E-state index contributed by atoms with van der Waals surface area (Å²) in [5.41, 5.74) is 7.87. The van der Waals surface area contributed by atoms with Crippen molar-refractivity contribution in [1.82, 2.24) is 4.90 Å². The Labute approximate surface area is 90.5 Å². The summed E-state index contributed by atoms with van der Waals surface area (Å²) in [6.07, 6.45) is 1.32. The molecule has 80 valence electrons. The summed E-state index contributed by atoms with van der Waals surface area (Å²) >= 11 is 0. The number of hydrogen-bond acceptors (Lipinski definition) is 3. The van der Waals surface area contributed by atoms with Gasteiger partial charge in [-0.25, -0.2) is 0 Å². The van der Waals surface area contributed by atoms with Crippen molar-refractivity contribution in [2.75, 3.05) is 30.8 Å². The zero-order valence-corrected chi connectivity index (χ0v) is 9.06. The molecule has 2 aliphatic heterocycles. The number of benzene rings is 1. The summed E-state index contributed by atoms with van der Waals surface area (Å²) in [6.45, 7) is 2.38. The number of fused-ring (bicyclic) bond motifs is 2. The van der Waals surface area contributed by atoms with Crippen LogP contribution < -0.4 is 10.6 Å². The van der Waals surface area contributed by atoms with Crippen molar-refractivity contribution in [3.63, 3.8) is 0 Å². The third kappa shape index (κ3) is 1.38. The molecule has 1 aromatic carbocycles. The van der Waals surface area contributed by atoms with Crippen molar-refractivity contribution in [2.45, 2.75) is 18.5 Å². The van der Waals surface area contributed by atoms with E-state index in [4.69, 9.17) is 5.73 Å². The third-order valence-electron chi connectivity index (χ3n) is 3.74. The third-order valence-corrected chi connectivity index (χ3v) is 3.74. The molecule has 2 saturated heterocycles. The Morgan fingerprint density at radius 3 is 2.40 bits per heavy atom. The van der Waals surface area contributed by atoms with Gasteiger partial charge in [-0.3, -0.25) is 4.90 Å². The second kappa shape index (κ2) is 3.14. The highest BCUT2D eigenvalue weighted by Gasteiger charge is 2.41. The maximum atomic E-state index is 5.70. The van der Waals surface area contributed by atoms with Crippen molar-refractivity contribution >= 4 is 11.4 Å². The van der Waals surface area contributed by atoms with E-state index in [-0.39, 0.29) is 0 Å². The van der Waals surface area contributed by atoms with Crippen molar-refractivity contribution in [3.8, 4) is 0 Å². The summed E-state index contributed by atoms with van der Waals surface area (Å²) in [6, 6.07) is 9.72. The largest absolute Gasteiger partial charge is 0.399 e. The molecule has 2 fully saturated rings. The van der Waals surface area contributed by atoms with E-state index in [2.05, 4.69) is 29.0 Å². The van der Waals surface area contributed by atoms with Gasteiger partial charge in [0.25, 0.3) is 0 Å². The van der Waals surface area contributed by atoms with Gasteiger partial charge in [0.2, 0.25) is 0 Å². The zero-order chi connectivity index (χ0) is 10.4. The van der Waals surface area contributed by atoms with Crippen LogP contribution in [-0.2, 0) is 0 Å². The van der Waals surface area contributed by atoms with Gasteiger partial charge in [0.05, 0.1) is 0 Å². The molecule has 0 spiro atoms. The number of rotatable bonds is 1. The molecule has 15 heavy (non-hydrogen) atoms. The van der Waals surface area contributed by atoms with Gasteiger partial charge in [-0.2, -0.15) is 0 Å². The van der Waals surface area contributed by atoms with Crippen LogP contribution in [0.4, 0.5) is 11.4 Å². The lowest BCUT2D eigenvalue weighted by atomic mass is 10.2. The van der Waals surface area contributed by atoms with E-state index in [9.17, 15) is 0 Å². The highest BCUT2D eigenvalue weighted by Crippen LogP contribution is 2.33. The molecule has 2 aliphatic rings. The Balaban J connectivity index is 1.83. The van der Waals surface area contributed by atoms with Crippen molar-refractivity contribution < 1.29 is 0 Å². The minimum Gasteiger partial charge on any atom is -0.399 e. The van der Waals surface area contributed by atoms with Crippen LogP contribution >= 0.6 is 0 Å². The monoisotopic (exact) mass is 203 g/mol. The first-order chi connectivity index (χ1) is 7.24. The number of hydrogen-bond donors (Lipinski definition) is 1. The highest BCUT2D eigenvalue weighted by molar-refractivity contribution is 5.55. The summed E-state index contributed by atoms with van der Waals surface area (Å²) < 4.78 is 0. The molecule has 2 bridgehead atoms. The molecule has 1 aromatic rings. The molecular weight excluding hydrogens is 186 g/mol. The lowest BCUT2D eigenvalue weighted by molar-refractivity contribution is 0.292. The molecular formula is C12H17N3. The molecule has 3 rings (SSSR count). The number of nitrogens with zero attached hydrogens (tertiary/aromatic N) is 2. The van der Waals surface area contributed by atoms with Crippen LogP contribution in [0.2, 0.25) is 0 Å². The smallest absolute Gasteiger partial charge is 0.0433 e. The maximum Gasteiger partial charge on any atom is 0.0433 e. The quantitative estimate of drug-likeness (QED) is 0.695. The predicted molar refractivity (Wildman–Crippen MR) is 63.0 cm³/mol. The predicted octanol–water partition coefficient (Wildman–Crippen LogP) is 1.16. The van der Waals surface area contributed by atoms with Crippen LogP contribution in [0.15, 0.2) is 24.3 Å². The number of likely N-dealkylation sites (tertiary alicyclic amines) is 1. The average Bonchev–Trinajstić information content (AvgIpc) is 2.77. The first-order valence-corrected chi connectivity index (χ1v) is 5.56. The molecule has 2 atom stereocenters. The van der Waals surface area contributed by atoms with Crippen molar-refractivity contribution in [1.29, 1.82) is 0 Å². The van der Waals surface area contributed by atoms with E-state index in [1.54, 1.807) is 0 Å². The Hall–Kier alpha value is -1.22. The second-order valence-electron chi connectivity index (χ2n) is 4.73. The molecule has 0 saturated carbocycles. The van der Waals surface area contributed by atoms with Crippen LogP contribution in [0.1, 0.15) is 6.42 Å². The molecule has 0 unspecified atom stereocenters. The van der Waals surface area contributed by atoms with E-state index in [1.165, 1.54) is 25.2 Å². The van der Waals surface area contributed by atoms with E-state index in [0.29, 0.717) is 6.04 Å². The first-order valence-electron chi connectivity index (χ1n) is 5.56. The standard InChI is InChI=1S/C12H17N3/c1-14-7-12-6-11(14)8-15(12)10-4-2-9(13)3-5-10/h2-5,11-12H,6-8,13H2,1H3/t11-,12-/m0/s1. The lowest BCUT2D eigenvalue weighted by Gasteiger charge is -2.33. The fraction of sp³-hybridized carbons (Fsp3) is 0.500. The fourth-order valence-electron chi connectivity index (χ4n) is 2.85. The van der Waals surface area contributed by atoms with Gasteiger partial charge in [0, 0.05) is 36.5 Å². The van der Waals surface area contributed by atoms with Crippen molar-refractivity contribution in [2.24, 2.45) is 0 Å². The summed E-state index contributed by atoms with van der Waals surface area (Å²) in [5, 5.41) is 0. The highest BCUT2D eigenvalue weighted by atomic mass is 15.3. The normalized spacial score (nSPS) is 30.1. The number of likely N-dealkylation sites (N-methyl/N-ethyl adjacent to an activating group) is 1. The molecule has 3 nitrogen and oxygen atoms in total. The van der Waals surface area contributed by atoms with Crippen LogP contribution in [0.3, 0.4) is 0 Å². The lowest BCUT2D eigenvalue weighted by Crippen LogP contribution is -2.44. The number of anilines is 2. The van der Waals surface area contributed by atoms with Gasteiger partial charge in [-0.15, -0.1) is 0 Å². The topological polar surface area (TPSA) is 32.5 Å². The number of piperazine rings is 1. The van der Waals surface area contributed by atoms with E-state index in [0.717, 1.165) is 11.7 Å². The summed E-state index contributed by atoms with van der Waals surface area (Å²) in [4.78, 5) is 4.99. The SMILES string of the molecule is CN1C[C@@H]2C[C@H]1CN2c1ccc(N)cc1. The second-order valence-corrected chi connectivity index (χ2v) is 4.73. The first kappa shape index (κ1) is 9.04. The Bertz CT molecular complexity index is 358.